The monoisotopic (exact) mass is 324 g/mol. The second-order valence-corrected chi connectivity index (χ2v) is 5.75. The number of halogens is 2. The lowest BCUT2D eigenvalue weighted by molar-refractivity contribution is -0.131. The van der Waals surface area contributed by atoms with E-state index in [1.54, 1.807) is 4.90 Å². The van der Waals surface area contributed by atoms with Gasteiger partial charge in [-0.15, -0.1) is 0 Å². The Kier molecular flexibility index (Phi) is 6.07. The summed E-state index contributed by atoms with van der Waals surface area (Å²) >= 11 is 0. The summed E-state index contributed by atoms with van der Waals surface area (Å²) in [6.45, 7) is 3.93. The van der Waals surface area contributed by atoms with Gasteiger partial charge >= 0.3 is 0 Å². The van der Waals surface area contributed by atoms with Crippen LogP contribution in [0.25, 0.3) is 0 Å². The molecular formula is C17H22F2N2O2. The van der Waals surface area contributed by atoms with E-state index in [-0.39, 0.29) is 11.5 Å². The van der Waals surface area contributed by atoms with Crippen LogP contribution in [0.2, 0.25) is 0 Å². The minimum atomic E-state index is -0.852. The maximum absolute atomic E-state index is 13.7. The molecule has 1 aromatic rings. The molecule has 2 rings (SSSR count). The van der Waals surface area contributed by atoms with Gasteiger partial charge in [0.15, 0.2) is 0 Å². The maximum Gasteiger partial charge on any atom is 0.256 e. The Hall–Kier alpha value is -1.98. The highest BCUT2D eigenvalue weighted by Gasteiger charge is 2.24. The second-order valence-electron chi connectivity index (χ2n) is 5.75. The van der Waals surface area contributed by atoms with Crippen molar-refractivity contribution >= 4 is 11.8 Å². The number of nitrogens with zero attached hydrogens (tertiary/aromatic N) is 2. The number of hydrogen-bond acceptors (Lipinski definition) is 2. The van der Waals surface area contributed by atoms with E-state index in [1.165, 1.54) is 11.0 Å². The SMILES string of the molecule is CCCCC(=O)N1CCCN(C(=O)c2ccc(F)cc2F)CC1. The Bertz CT molecular complexity index is 578. The fraction of sp³-hybridized carbons (Fsp3) is 0.529. The number of hydrogen-bond donors (Lipinski definition) is 0. The van der Waals surface area contributed by atoms with Crippen LogP contribution < -0.4 is 0 Å². The van der Waals surface area contributed by atoms with Gasteiger partial charge in [0.2, 0.25) is 5.91 Å². The van der Waals surface area contributed by atoms with Crippen LogP contribution in [0.3, 0.4) is 0 Å². The van der Waals surface area contributed by atoms with Crippen molar-refractivity contribution in [3.05, 3.63) is 35.4 Å². The highest BCUT2D eigenvalue weighted by molar-refractivity contribution is 5.94. The van der Waals surface area contributed by atoms with Gasteiger partial charge in [-0.25, -0.2) is 8.78 Å². The third-order valence-electron chi connectivity index (χ3n) is 4.04. The van der Waals surface area contributed by atoms with Crippen LogP contribution in [0.5, 0.6) is 0 Å². The van der Waals surface area contributed by atoms with E-state index in [2.05, 4.69) is 0 Å². The van der Waals surface area contributed by atoms with Crippen molar-refractivity contribution in [3.63, 3.8) is 0 Å². The van der Waals surface area contributed by atoms with Gasteiger partial charge in [-0.05, 0) is 25.0 Å². The predicted octanol–water partition coefficient (Wildman–Crippen LogP) is 2.83. The van der Waals surface area contributed by atoms with Crippen molar-refractivity contribution in [1.29, 1.82) is 0 Å². The molecule has 6 heteroatoms. The van der Waals surface area contributed by atoms with Gasteiger partial charge in [-0.1, -0.05) is 13.3 Å². The number of benzene rings is 1. The minimum absolute atomic E-state index is 0.106. The van der Waals surface area contributed by atoms with Crippen LogP contribution in [0, 0.1) is 11.6 Å². The van der Waals surface area contributed by atoms with E-state index < -0.39 is 17.5 Å². The zero-order valence-electron chi connectivity index (χ0n) is 13.4. The molecule has 0 spiro atoms. The average Bonchev–Trinajstić information content (AvgIpc) is 2.78. The second kappa shape index (κ2) is 8.04. The first kappa shape index (κ1) is 17.4. The zero-order chi connectivity index (χ0) is 16.8. The minimum Gasteiger partial charge on any atom is -0.341 e. The molecule has 1 fully saturated rings. The number of unbranched alkanes of at least 4 members (excludes halogenated alkanes) is 1. The first-order valence-electron chi connectivity index (χ1n) is 8.05. The fourth-order valence-corrected chi connectivity index (χ4v) is 2.69. The Balaban J connectivity index is 1.99. The van der Waals surface area contributed by atoms with Crippen LogP contribution in [-0.2, 0) is 4.79 Å². The number of carbonyl (C=O) groups is 2. The lowest BCUT2D eigenvalue weighted by Crippen LogP contribution is -2.37. The molecule has 0 radical (unpaired) electrons. The molecular weight excluding hydrogens is 302 g/mol. The van der Waals surface area contributed by atoms with E-state index in [4.69, 9.17) is 0 Å². The summed E-state index contributed by atoms with van der Waals surface area (Å²) in [5, 5.41) is 0. The molecule has 0 aromatic heterocycles. The largest absolute Gasteiger partial charge is 0.341 e. The summed E-state index contributed by atoms with van der Waals surface area (Å²) in [6.07, 6.45) is 3.01. The van der Waals surface area contributed by atoms with E-state index >= 15 is 0 Å². The number of carbonyl (C=O) groups excluding carboxylic acids is 2. The quantitative estimate of drug-likeness (QED) is 0.854. The summed E-state index contributed by atoms with van der Waals surface area (Å²) in [6, 6.07) is 2.96. The molecule has 0 atom stereocenters. The standard InChI is InChI=1S/C17H22F2N2O2/c1-2-3-5-16(22)20-8-4-9-21(11-10-20)17(23)14-7-6-13(18)12-15(14)19/h6-7,12H,2-5,8-11H2,1H3. The third-order valence-corrected chi connectivity index (χ3v) is 4.04. The van der Waals surface area contributed by atoms with Gasteiger partial charge in [0, 0.05) is 38.7 Å². The van der Waals surface area contributed by atoms with Crippen molar-refractivity contribution in [2.45, 2.75) is 32.6 Å². The van der Waals surface area contributed by atoms with Crippen LogP contribution in [0.1, 0.15) is 43.0 Å². The fourth-order valence-electron chi connectivity index (χ4n) is 2.69. The normalized spacial score (nSPS) is 15.4. The molecule has 0 bridgehead atoms. The van der Waals surface area contributed by atoms with Crippen molar-refractivity contribution in [3.8, 4) is 0 Å². The molecule has 1 heterocycles. The van der Waals surface area contributed by atoms with Gasteiger partial charge in [-0.2, -0.15) is 0 Å². The molecule has 2 amide bonds. The lowest BCUT2D eigenvalue weighted by Gasteiger charge is -2.22. The maximum atomic E-state index is 13.7. The van der Waals surface area contributed by atoms with Gasteiger partial charge < -0.3 is 9.80 Å². The zero-order valence-corrected chi connectivity index (χ0v) is 13.4. The highest BCUT2D eigenvalue weighted by atomic mass is 19.1. The van der Waals surface area contributed by atoms with Crippen molar-refractivity contribution in [2.24, 2.45) is 0 Å². The van der Waals surface area contributed by atoms with Crippen LogP contribution in [0.4, 0.5) is 8.78 Å². The smallest absolute Gasteiger partial charge is 0.256 e. The Labute approximate surface area is 135 Å². The van der Waals surface area contributed by atoms with E-state index in [0.717, 1.165) is 18.9 Å². The van der Waals surface area contributed by atoms with Gasteiger partial charge in [0.25, 0.3) is 5.91 Å². The van der Waals surface area contributed by atoms with Crippen LogP contribution in [-0.4, -0.2) is 47.8 Å². The van der Waals surface area contributed by atoms with Crippen LogP contribution >= 0.6 is 0 Å². The topological polar surface area (TPSA) is 40.6 Å². The summed E-state index contributed by atoms with van der Waals surface area (Å²) in [4.78, 5) is 27.8. The van der Waals surface area contributed by atoms with E-state index in [0.29, 0.717) is 45.1 Å². The molecule has 0 N–H and O–H groups in total. The summed E-state index contributed by atoms with van der Waals surface area (Å²) in [5.74, 6) is -1.91. The van der Waals surface area contributed by atoms with Crippen LogP contribution in [0.15, 0.2) is 18.2 Å². The first-order valence-corrected chi connectivity index (χ1v) is 8.05. The number of amides is 2. The molecule has 1 aliphatic heterocycles. The van der Waals surface area contributed by atoms with Crippen molar-refractivity contribution in [1.82, 2.24) is 9.80 Å². The molecule has 1 aliphatic rings. The third kappa shape index (κ3) is 4.50. The molecule has 4 nitrogen and oxygen atoms in total. The Morgan fingerprint density at radius 3 is 2.48 bits per heavy atom. The number of rotatable bonds is 4. The molecule has 1 aromatic carbocycles. The molecule has 126 valence electrons. The van der Waals surface area contributed by atoms with Gasteiger partial charge in [0.1, 0.15) is 11.6 Å². The molecule has 0 unspecified atom stereocenters. The predicted molar refractivity (Wildman–Crippen MR) is 83.0 cm³/mol. The first-order chi connectivity index (χ1) is 11.0. The summed E-state index contributed by atoms with van der Waals surface area (Å²) < 4.78 is 26.7. The lowest BCUT2D eigenvalue weighted by atomic mass is 10.1. The van der Waals surface area contributed by atoms with Gasteiger partial charge in [-0.3, -0.25) is 9.59 Å². The van der Waals surface area contributed by atoms with Gasteiger partial charge in [0.05, 0.1) is 5.56 Å². The molecule has 0 saturated carbocycles. The Morgan fingerprint density at radius 1 is 1.09 bits per heavy atom. The Morgan fingerprint density at radius 2 is 1.78 bits per heavy atom. The van der Waals surface area contributed by atoms with Crippen molar-refractivity contribution < 1.29 is 18.4 Å². The molecule has 0 aliphatic carbocycles. The molecule has 23 heavy (non-hydrogen) atoms. The summed E-state index contributed by atoms with van der Waals surface area (Å²) in [7, 11) is 0. The molecule has 1 saturated heterocycles. The van der Waals surface area contributed by atoms with E-state index in [9.17, 15) is 18.4 Å². The van der Waals surface area contributed by atoms with Crippen molar-refractivity contribution in [2.75, 3.05) is 26.2 Å². The highest BCUT2D eigenvalue weighted by Crippen LogP contribution is 2.15. The summed E-state index contributed by atoms with van der Waals surface area (Å²) in [5.41, 5.74) is -0.128. The van der Waals surface area contributed by atoms with E-state index in [1.807, 2.05) is 6.92 Å². The average molecular weight is 324 g/mol.